The molecule has 2 heterocycles. The summed E-state index contributed by atoms with van der Waals surface area (Å²) in [5, 5.41) is 2.79. The number of amides is 3. The number of nitrogens with one attached hydrogen (secondary N) is 1. The molecule has 1 aromatic carbocycles. The van der Waals surface area contributed by atoms with Gasteiger partial charge in [-0.25, -0.2) is 0 Å². The number of pyridine rings is 1. The van der Waals surface area contributed by atoms with E-state index in [4.69, 9.17) is 0 Å². The Labute approximate surface area is 145 Å². The molecule has 0 atom stereocenters. The number of hydrogen-bond donors (Lipinski definition) is 1. The molecule has 3 rings (SSSR count). The molecule has 0 bridgehead atoms. The van der Waals surface area contributed by atoms with Crippen molar-refractivity contribution in [2.45, 2.75) is 20.4 Å². The highest BCUT2D eigenvalue weighted by atomic mass is 16.2. The maximum atomic E-state index is 12.5. The van der Waals surface area contributed by atoms with Gasteiger partial charge in [0.15, 0.2) is 0 Å². The van der Waals surface area contributed by atoms with Crippen molar-refractivity contribution in [1.82, 2.24) is 15.2 Å². The van der Waals surface area contributed by atoms with Gasteiger partial charge in [0, 0.05) is 31.0 Å². The minimum Gasteiger partial charge on any atom is -0.348 e. The Bertz CT molecular complexity index is 831. The summed E-state index contributed by atoms with van der Waals surface area (Å²) in [7, 11) is 0. The van der Waals surface area contributed by atoms with Crippen molar-refractivity contribution in [3.8, 4) is 0 Å². The van der Waals surface area contributed by atoms with Crippen LogP contribution in [0.1, 0.15) is 50.5 Å². The molecule has 3 amide bonds. The van der Waals surface area contributed by atoms with Crippen LogP contribution in [0.15, 0.2) is 42.7 Å². The average Bonchev–Trinajstić information content (AvgIpc) is 2.84. The molecule has 1 aromatic heterocycles. The van der Waals surface area contributed by atoms with Gasteiger partial charge in [0.2, 0.25) is 0 Å². The molecule has 0 unspecified atom stereocenters. The third kappa shape index (κ3) is 3.42. The normalized spacial score (nSPS) is 13.3. The van der Waals surface area contributed by atoms with E-state index in [2.05, 4.69) is 10.3 Å². The molecule has 25 heavy (non-hydrogen) atoms. The number of fused-ring (bicyclic) bond motifs is 1. The molecule has 0 saturated carbocycles. The summed E-state index contributed by atoms with van der Waals surface area (Å²) in [6.07, 6.45) is 3.34. The van der Waals surface area contributed by atoms with Crippen LogP contribution in [0.4, 0.5) is 0 Å². The second-order valence-corrected chi connectivity index (χ2v) is 6.42. The van der Waals surface area contributed by atoms with E-state index in [1.807, 2.05) is 19.9 Å². The van der Waals surface area contributed by atoms with Crippen LogP contribution in [-0.4, -0.2) is 34.2 Å². The summed E-state index contributed by atoms with van der Waals surface area (Å²) >= 11 is 0. The lowest BCUT2D eigenvalue weighted by molar-refractivity contribution is 0.0636. The van der Waals surface area contributed by atoms with Gasteiger partial charge in [-0.1, -0.05) is 19.9 Å². The Balaban J connectivity index is 1.76. The first kappa shape index (κ1) is 16.8. The van der Waals surface area contributed by atoms with Crippen molar-refractivity contribution in [3.05, 3.63) is 65.0 Å². The van der Waals surface area contributed by atoms with Crippen LogP contribution in [0, 0.1) is 5.92 Å². The van der Waals surface area contributed by atoms with Crippen LogP contribution in [0.2, 0.25) is 0 Å². The zero-order valence-electron chi connectivity index (χ0n) is 14.2. The van der Waals surface area contributed by atoms with E-state index in [9.17, 15) is 14.4 Å². The van der Waals surface area contributed by atoms with Crippen molar-refractivity contribution >= 4 is 17.7 Å². The van der Waals surface area contributed by atoms with Gasteiger partial charge in [0.1, 0.15) is 0 Å². The topological polar surface area (TPSA) is 79.4 Å². The van der Waals surface area contributed by atoms with Gasteiger partial charge in [0.25, 0.3) is 17.7 Å². The number of carbonyl (C=O) groups excluding carboxylic acids is 3. The molecule has 0 spiro atoms. The lowest BCUT2D eigenvalue weighted by Gasteiger charge is -2.15. The van der Waals surface area contributed by atoms with E-state index in [0.29, 0.717) is 29.8 Å². The van der Waals surface area contributed by atoms with E-state index in [1.54, 1.807) is 30.6 Å². The van der Waals surface area contributed by atoms with E-state index in [0.717, 1.165) is 5.56 Å². The van der Waals surface area contributed by atoms with Crippen LogP contribution < -0.4 is 5.32 Å². The second-order valence-electron chi connectivity index (χ2n) is 6.42. The van der Waals surface area contributed by atoms with Crippen molar-refractivity contribution in [3.63, 3.8) is 0 Å². The minimum atomic E-state index is -0.337. The zero-order valence-corrected chi connectivity index (χ0v) is 14.2. The van der Waals surface area contributed by atoms with Gasteiger partial charge in [-0.05, 0) is 35.7 Å². The standard InChI is InChI=1S/C19H19N3O3/c1-12(2)11-22-18(24)15-6-5-14(8-16(15)19(22)25)17(23)21-10-13-4-3-7-20-9-13/h3-9,12H,10-11H2,1-2H3,(H,21,23). The summed E-state index contributed by atoms with van der Waals surface area (Å²) in [5.74, 6) is -0.745. The Morgan fingerprint density at radius 2 is 1.92 bits per heavy atom. The second kappa shape index (κ2) is 6.84. The van der Waals surface area contributed by atoms with Gasteiger partial charge >= 0.3 is 0 Å². The predicted molar refractivity (Wildman–Crippen MR) is 92.1 cm³/mol. The van der Waals surface area contributed by atoms with Gasteiger partial charge in [0.05, 0.1) is 11.1 Å². The fourth-order valence-corrected chi connectivity index (χ4v) is 2.75. The van der Waals surface area contributed by atoms with Crippen LogP contribution in [0.5, 0.6) is 0 Å². The highest BCUT2D eigenvalue weighted by Gasteiger charge is 2.36. The molecule has 128 valence electrons. The molecule has 0 radical (unpaired) electrons. The van der Waals surface area contributed by atoms with Gasteiger partial charge in [-0.2, -0.15) is 0 Å². The third-order valence-electron chi connectivity index (χ3n) is 3.96. The van der Waals surface area contributed by atoms with E-state index < -0.39 is 0 Å². The van der Waals surface area contributed by atoms with Gasteiger partial charge < -0.3 is 5.32 Å². The quantitative estimate of drug-likeness (QED) is 0.849. The molecule has 0 saturated heterocycles. The van der Waals surface area contributed by atoms with Crippen molar-refractivity contribution < 1.29 is 14.4 Å². The fourth-order valence-electron chi connectivity index (χ4n) is 2.75. The number of benzene rings is 1. The fraction of sp³-hybridized carbons (Fsp3) is 0.263. The Morgan fingerprint density at radius 3 is 2.60 bits per heavy atom. The molecule has 0 aliphatic carbocycles. The van der Waals surface area contributed by atoms with Crippen molar-refractivity contribution in [2.75, 3.05) is 6.54 Å². The number of hydrogen-bond acceptors (Lipinski definition) is 4. The first-order chi connectivity index (χ1) is 12.0. The lowest BCUT2D eigenvalue weighted by Crippen LogP contribution is -2.33. The summed E-state index contributed by atoms with van der Waals surface area (Å²) in [5.41, 5.74) is 1.88. The van der Waals surface area contributed by atoms with Crippen LogP contribution in [0.25, 0.3) is 0 Å². The summed E-state index contributed by atoms with van der Waals surface area (Å²) < 4.78 is 0. The average molecular weight is 337 g/mol. The molecule has 2 aromatic rings. The zero-order chi connectivity index (χ0) is 18.0. The first-order valence-electron chi connectivity index (χ1n) is 8.14. The summed E-state index contributed by atoms with van der Waals surface area (Å²) in [4.78, 5) is 42.4. The molecule has 6 heteroatoms. The lowest BCUT2D eigenvalue weighted by atomic mass is 10.1. The summed E-state index contributed by atoms with van der Waals surface area (Å²) in [6.45, 7) is 4.60. The Morgan fingerprint density at radius 1 is 1.16 bits per heavy atom. The molecule has 0 fully saturated rings. The van der Waals surface area contributed by atoms with Crippen LogP contribution in [-0.2, 0) is 6.54 Å². The minimum absolute atomic E-state index is 0.185. The number of aromatic nitrogens is 1. The number of carbonyl (C=O) groups is 3. The van der Waals surface area contributed by atoms with E-state index in [-0.39, 0.29) is 23.6 Å². The summed E-state index contributed by atoms with van der Waals surface area (Å²) in [6, 6.07) is 8.28. The number of nitrogens with zero attached hydrogens (tertiary/aromatic N) is 2. The SMILES string of the molecule is CC(C)CN1C(=O)c2ccc(C(=O)NCc3cccnc3)cc2C1=O. The van der Waals surface area contributed by atoms with Crippen LogP contribution in [0.3, 0.4) is 0 Å². The smallest absolute Gasteiger partial charge is 0.261 e. The van der Waals surface area contributed by atoms with Crippen molar-refractivity contribution in [1.29, 1.82) is 0 Å². The Hall–Kier alpha value is -3.02. The number of rotatable bonds is 5. The Kier molecular flexibility index (Phi) is 4.61. The molecule has 1 aliphatic heterocycles. The molecular formula is C19H19N3O3. The van der Waals surface area contributed by atoms with E-state index >= 15 is 0 Å². The number of imide groups is 1. The third-order valence-corrected chi connectivity index (χ3v) is 3.96. The molecule has 6 nitrogen and oxygen atoms in total. The molecule has 1 aliphatic rings. The molecule has 1 N–H and O–H groups in total. The van der Waals surface area contributed by atoms with Gasteiger partial charge in [-0.15, -0.1) is 0 Å². The first-order valence-corrected chi connectivity index (χ1v) is 8.14. The predicted octanol–water partition coefficient (Wildman–Crippen LogP) is 2.26. The van der Waals surface area contributed by atoms with Gasteiger partial charge in [-0.3, -0.25) is 24.3 Å². The van der Waals surface area contributed by atoms with E-state index in [1.165, 1.54) is 11.0 Å². The van der Waals surface area contributed by atoms with Crippen molar-refractivity contribution in [2.24, 2.45) is 5.92 Å². The highest BCUT2D eigenvalue weighted by Crippen LogP contribution is 2.24. The molecular weight excluding hydrogens is 318 g/mol. The van der Waals surface area contributed by atoms with Crippen LogP contribution >= 0.6 is 0 Å². The highest BCUT2D eigenvalue weighted by molar-refractivity contribution is 6.22. The monoisotopic (exact) mass is 337 g/mol. The largest absolute Gasteiger partial charge is 0.348 e. The maximum Gasteiger partial charge on any atom is 0.261 e. The maximum absolute atomic E-state index is 12.5.